The third-order valence-corrected chi connectivity index (χ3v) is 3.54. The first kappa shape index (κ1) is 12.7. The molecule has 0 saturated carbocycles. The Bertz CT molecular complexity index is 197. The smallest absolute Gasteiger partial charge is 0.0692 e. The lowest BCUT2D eigenvalue weighted by molar-refractivity contribution is -0.0926. The van der Waals surface area contributed by atoms with Crippen molar-refractivity contribution in [1.29, 1.82) is 0 Å². The molecule has 2 nitrogen and oxygen atoms in total. The normalized spacial score (nSPS) is 25.9. The van der Waals surface area contributed by atoms with Gasteiger partial charge in [-0.25, -0.2) is 0 Å². The molecule has 1 fully saturated rings. The second-order valence-corrected chi connectivity index (χ2v) is 4.41. The maximum absolute atomic E-state index is 5.94. The highest BCUT2D eigenvalue weighted by molar-refractivity contribution is 4.90. The fourth-order valence-electron chi connectivity index (χ4n) is 2.30. The van der Waals surface area contributed by atoms with Gasteiger partial charge >= 0.3 is 0 Å². The maximum Gasteiger partial charge on any atom is 0.0692 e. The van der Waals surface area contributed by atoms with E-state index in [0.717, 1.165) is 38.8 Å². The molecule has 0 radical (unpaired) electrons. The molecule has 1 saturated heterocycles. The molecule has 15 heavy (non-hydrogen) atoms. The minimum atomic E-state index is 0.145. The van der Waals surface area contributed by atoms with Gasteiger partial charge in [0.2, 0.25) is 0 Å². The van der Waals surface area contributed by atoms with E-state index >= 15 is 0 Å². The number of hydrogen-bond acceptors (Lipinski definition) is 2. The van der Waals surface area contributed by atoms with Crippen LogP contribution in [0.4, 0.5) is 0 Å². The highest BCUT2D eigenvalue weighted by atomic mass is 16.5. The van der Waals surface area contributed by atoms with E-state index in [4.69, 9.17) is 4.74 Å². The molecule has 0 spiro atoms. The lowest BCUT2D eigenvalue weighted by Gasteiger charge is -2.40. The van der Waals surface area contributed by atoms with Gasteiger partial charge in [-0.1, -0.05) is 26.0 Å². The van der Waals surface area contributed by atoms with Crippen LogP contribution in [-0.2, 0) is 4.74 Å². The second-order valence-electron chi connectivity index (χ2n) is 4.41. The number of ether oxygens (including phenoxy) is 1. The van der Waals surface area contributed by atoms with Gasteiger partial charge in [0.15, 0.2) is 0 Å². The van der Waals surface area contributed by atoms with Crippen molar-refractivity contribution in [1.82, 2.24) is 5.32 Å². The molecule has 0 aliphatic carbocycles. The Morgan fingerprint density at radius 3 is 2.73 bits per heavy atom. The third-order valence-electron chi connectivity index (χ3n) is 3.54. The Hall–Kier alpha value is -0.340. The summed E-state index contributed by atoms with van der Waals surface area (Å²) in [5, 5.41) is 3.58. The van der Waals surface area contributed by atoms with E-state index < -0.39 is 0 Å². The predicted octanol–water partition coefficient (Wildman–Crippen LogP) is 2.89. The van der Waals surface area contributed by atoms with Crippen LogP contribution < -0.4 is 5.32 Å². The van der Waals surface area contributed by atoms with E-state index in [0.29, 0.717) is 6.04 Å². The molecule has 1 aliphatic rings. The molecule has 1 aliphatic heterocycles. The van der Waals surface area contributed by atoms with Gasteiger partial charge in [-0.15, -0.1) is 0 Å². The molecule has 88 valence electrons. The zero-order valence-corrected chi connectivity index (χ0v) is 10.4. The molecule has 0 bridgehead atoms. The first-order chi connectivity index (χ1) is 7.26. The first-order valence-corrected chi connectivity index (χ1v) is 6.25. The zero-order valence-electron chi connectivity index (χ0n) is 10.4. The standard InChI is InChI=1S/C13H25NO/c1-4-7-9-14-12-8-10-15-13(5-2,6-3)11-12/h4,7,12,14H,5-6,8-11H2,1-3H3/b7-4+. The van der Waals surface area contributed by atoms with Gasteiger partial charge in [-0.05, 0) is 32.6 Å². The molecule has 1 unspecified atom stereocenters. The van der Waals surface area contributed by atoms with Crippen molar-refractivity contribution >= 4 is 0 Å². The summed E-state index contributed by atoms with van der Waals surface area (Å²) in [7, 11) is 0. The van der Waals surface area contributed by atoms with Gasteiger partial charge < -0.3 is 10.1 Å². The maximum atomic E-state index is 5.94. The van der Waals surface area contributed by atoms with Crippen LogP contribution in [0.25, 0.3) is 0 Å². The molecule has 0 amide bonds. The highest BCUT2D eigenvalue weighted by Gasteiger charge is 2.33. The van der Waals surface area contributed by atoms with E-state index in [1.54, 1.807) is 0 Å². The number of rotatable bonds is 5. The molecular weight excluding hydrogens is 186 g/mol. The van der Waals surface area contributed by atoms with Crippen LogP contribution >= 0.6 is 0 Å². The van der Waals surface area contributed by atoms with E-state index in [-0.39, 0.29) is 5.60 Å². The Labute approximate surface area is 94.1 Å². The molecule has 0 aromatic rings. The second kappa shape index (κ2) is 6.29. The van der Waals surface area contributed by atoms with Gasteiger partial charge in [-0.2, -0.15) is 0 Å². The van der Waals surface area contributed by atoms with Gasteiger partial charge in [0.1, 0.15) is 0 Å². The summed E-state index contributed by atoms with van der Waals surface area (Å²) in [6.45, 7) is 8.43. The first-order valence-electron chi connectivity index (χ1n) is 6.25. The molecule has 1 rings (SSSR count). The molecule has 1 heterocycles. The number of nitrogens with one attached hydrogen (secondary N) is 1. The summed E-state index contributed by atoms with van der Waals surface area (Å²) in [4.78, 5) is 0. The van der Waals surface area contributed by atoms with Crippen LogP contribution in [0.1, 0.15) is 46.5 Å². The Kier molecular flexibility index (Phi) is 5.34. The van der Waals surface area contributed by atoms with Crippen molar-refractivity contribution < 1.29 is 4.74 Å². The van der Waals surface area contributed by atoms with Gasteiger partial charge in [0.05, 0.1) is 5.60 Å². The van der Waals surface area contributed by atoms with E-state index in [2.05, 4.69) is 38.2 Å². The molecule has 2 heteroatoms. The SMILES string of the molecule is C/C=C/CNC1CCOC(CC)(CC)C1. The third kappa shape index (κ3) is 3.62. The van der Waals surface area contributed by atoms with Gasteiger partial charge in [0, 0.05) is 19.2 Å². The molecule has 0 aromatic heterocycles. The van der Waals surface area contributed by atoms with Crippen molar-refractivity contribution in [3.8, 4) is 0 Å². The fourth-order valence-corrected chi connectivity index (χ4v) is 2.30. The number of hydrogen-bond donors (Lipinski definition) is 1. The largest absolute Gasteiger partial charge is 0.375 e. The van der Waals surface area contributed by atoms with Crippen molar-refractivity contribution in [3.63, 3.8) is 0 Å². The molecule has 0 aromatic carbocycles. The summed E-state index contributed by atoms with van der Waals surface area (Å²) in [5.41, 5.74) is 0.145. The Morgan fingerprint density at radius 2 is 2.13 bits per heavy atom. The lowest BCUT2D eigenvalue weighted by atomic mass is 9.86. The predicted molar refractivity (Wildman–Crippen MR) is 65.1 cm³/mol. The van der Waals surface area contributed by atoms with Crippen LogP contribution in [0.15, 0.2) is 12.2 Å². The summed E-state index contributed by atoms with van der Waals surface area (Å²) >= 11 is 0. The van der Waals surface area contributed by atoms with Crippen molar-refractivity contribution in [3.05, 3.63) is 12.2 Å². The van der Waals surface area contributed by atoms with Crippen molar-refractivity contribution in [2.24, 2.45) is 0 Å². The topological polar surface area (TPSA) is 21.3 Å². The molecular formula is C13H25NO. The number of allylic oxidation sites excluding steroid dienone is 1. The van der Waals surface area contributed by atoms with Crippen molar-refractivity contribution in [2.45, 2.75) is 58.1 Å². The van der Waals surface area contributed by atoms with Crippen LogP contribution in [0, 0.1) is 0 Å². The average molecular weight is 211 g/mol. The monoisotopic (exact) mass is 211 g/mol. The summed E-state index contributed by atoms with van der Waals surface area (Å²) in [6, 6.07) is 0.634. The minimum Gasteiger partial charge on any atom is -0.375 e. The average Bonchev–Trinajstić information content (AvgIpc) is 2.30. The van der Waals surface area contributed by atoms with Crippen LogP contribution in [0.5, 0.6) is 0 Å². The van der Waals surface area contributed by atoms with Crippen LogP contribution in [0.3, 0.4) is 0 Å². The minimum absolute atomic E-state index is 0.145. The molecule has 1 N–H and O–H groups in total. The van der Waals surface area contributed by atoms with E-state index in [9.17, 15) is 0 Å². The lowest BCUT2D eigenvalue weighted by Crippen LogP contribution is -2.46. The Morgan fingerprint density at radius 1 is 1.40 bits per heavy atom. The summed E-state index contributed by atoms with van der Waals surface area (Å²) in [5.74, 6) is 0. The van der Waals surface area contributed by atoms with Gasteiger partial charge in [-0.3, -0.25) is 0 Å². The van der Waals surface area contributed by atoms with E-state index in [1.807, 2.05) is 0 Å². The van der Waals surface area contributed by atoms with Gasteiger partial charge in [0.25, 0.3) is 0 Å². The van der Waals surface area contributed by atoms with Crippen LogP contribution in [-0.4, -0.2) is 24.8 Å². The van der Waals surface area contributed by atoms with E-state index in [1.165, 1.54) is 0 Å². The van der Waals surface area contributed by atoms with Crippen molar-refractivity contribution in [2.75, 3.05) is 13.2 Å². The summed E-state index contributed by atoms with van der Waals surface area (Å²) in [6.07, 6.45) is 8.85. The summed E-state index contributed by atoms with van der Waals surface area (Å²) < 4.78 is 5.94. The quantitative estimate of drug-likeness (QED) is 0.706. The Balaban J connectivity index is 2.40. The van der Waals surface area contributed by atoms with Crippen LogP contribution in [0.2, 0.25) is 0 Å². The molecule has 1 atom stereocenters. The highest BCUT2D eigenvalue weighted by Crippen LogP contribution is 2.31. The fraction of sp³-hybridized carbons (Fsp3) is 0.846. The zero-order chi connectivity index (χ0) is 11.1.